The van der Waals surface area contributed by atoms with E-state index < -0.39 is 27.7 Å². The summed E-state index contributed by atoms with van der Waals surface area (Å²) in [6.07, 6.45) is 4.51. The SMILES string of the molecule is CCOC(=O)CS(=O)(=O)Nc1ccc(C(=O)O)c(N2CCC3(CC2)CC3)c1. The third kappa shape index (κ3) is 4.71. The van der Waals surface area contributed by atoms with Crippen LogP contribution in [0.4, 0.5) is 11.4 Å². The van der Waals surface area contributed by atoms with Crippen LogP contribution in [-0.4, -0.2) is 50.9 Å². The van der Waals surface area contributed by atoms with E-state index in [2.05, 4.69) is 9.46 Å². The molecule has 1 aliphatic heterocycles. The first-order chi connectivity index (χ1) is 12.7. The Bertz CT molecular complexity index is 837. The van der Waals surface area contributed by atoms with Gasteiger partial charge in [-0.15, -0.1) is 0 Å². The van der Waals surface area contributed by atoms with Gasteiger partial charge in [0.15, 0.2) is 5.75 Å². The molecular formula is C18H24N2O6S. The molecule has 0 aromatic heterocycles. The third-order valence-corrected chi connectivity index (χ3v) is 6.40. The van der Waals surface area contributed by atoms with E-state index >= 15 is 0 Å². The summed E-state index contributed by atoms with van der Waals surface area (Å²) in [5.41, 5.74) is 1.30. The molecule has 0 unspecified atom stereocenters. The Balaban J connectivity index is 1.79. The summed E-state index contributed by atoms with van der Waals surface area (Å²) >= 11 is 0. The molecule has 1 heterocycles. The largest absolute Gasteiger partial charge is 0.478 e. The number of esters is 1. The number of aromatic carboxylic acids is 1. The van der Waals surface area contributed by atoms with Crippen LogP contribution in [-0.2, 0) is 19.6 Å². The van der Waals surface area contributed by atoms with Crippen LogP contribution in [0.1, 0.15) is 43.0 Å². The fourth-order valence-electron chi connectivity index (χ4n) is 3.51. The molecule has 1 saturated carbocycles. The summed E-state index contributed by atoms with van der Waals surface area (Å²) < 4.78 is 31.3. The Kier molecular flexibility index (Phi) is 5.32. The summed E-state index contributed by atoms with van der Waals surface area (Å²) in [4.78, 5) is 25.0. The average Bonchev–Trinajstić information content (AvgIpc) is 3.33. The number of hydrogen-bond acceptors (Lipinski definition) is 6. The maximum atomic E-state index is 12.1. The summed E-state index contributed by atoms with van der Waals surface area (Å²) in [7, 11) is -3.94. The summed E-state index contributed by atoms with van der Waals surface area (Å²) in [6, 6.07) is 4.31. The van der Waals surface area contributed by atoms with Gasteiger partial charge >= 0.3 is 11.9 Å². The second-order valence-corrected chi connectivity index (χ2v) is 8.91. The van der Waals surface area contributed by atoms with E-state index in [4.69, 9.17) is 0 Å². The molecule has 1 aliphatic carbocycles. The van der Waals surface area contributed by atoms with Crippen LogP contribution in [0, 0.1) is 5.41 Å². The topological polar surface area (TPSA) is 113 Å². The zero-order valence-corrected chi connectivity index (χ0v) is 16.0. The van der Waals surface area contributed by atoms with Crippen molar-refractivity contribution >= 4 is 33.3 Å². The van der Waals surface area contributed by atoms with Crippen molar-refractivity contribution in [3.8, 4) is 0 Å². The van der Waals surface area contributed by atoms with Crippen molar-refractivity contribution in [2.75, 3.05) is 35.1 Å². The molecule has 2 aliphatic rings. The van der Waals surface area contributed by atoms with Gasteiger partial charge in [0.25, 0.3) is 0 Å². The molecule has 148 valence electrons. The Labute approximate surface area is 158 Å². The number of carboxylic acid groups (broad SMARTS) is 1. The number of carbonyl (C=O) groups excluding carboxylic acids is 1. The zero-order valence-electron chi connectivity index (χ0n) is 15.2. The number of nitrogens with zero attached hydrogens (tertiary/aromatic N) is 1. The highest BCUT2D eigenvalue weighted by Crippen LogP contribution is 2.54. The van der Waals surface area contributed by atoms with Crippen molar-refractivity contribution in [3.63, 3.8) is 0 Å². The number of sulfonamides is 1. The van der Waals surface area contributed by atoms with E-state index in [9.17, 15) is 23.1 Å². The molecule has 1 saturated heterocycles. The van der Waals surface area contributed by atoms with Gasteiger partial charge in [0.2, 0.25) is 10.0 Å². The van der Waals surface area contributed by atoms with Gasteiger partial charge in [-0.05, 0) is 56.2 Å². The zero-order chi connectivity index (χ0) is 19.7. The van der Waals surface area contributed by atoms with Crippen LogP contribution in [0.5, 0.6) is 0 Å². The molecule has 1 spiro atoms. The van der Waals surface area contributed by atoms with Crippen molar-refractivity contribution in [2.24, 2.45) is 5.41 Å². The number of benzene rings is 1. The lowest BCUT2D eigenvalue weighted by Crippen LogP contribution is -2.35. The van der Waals surface area contributed by atoms with Gasteiger partial charge in [0, 0.05) is 13.1 Å². The lowest BCUT2D eigenvalue weighted by Gasteiger charge is -2.34. The summed E-state index contributed by atoms with van der Waals surface area (Å²) in [5.74, 6) is -2.68. The van der Waals surface area contributed by atoms with E-state index in [-0.39, 0.29) is 17.9 Å². The molecule has 1 aromatic rings. The van der Waals surface area contributed by atoms with Crippen LogP contribution in [0.2, 0.25) is 0 Å². The molecular weight excluding hydrogens is 372 g/mol. The maximum Gasteiger partial charge on any atom is 0.337 e. The highest BCUT2D eigenvalue weighted by molar-refractivity contribution is 7.93. The van der Waals surface area contributed by atoms with Crippen molar-refractivity contribution in [1.82, 2.24) is 0 Å². The highest BCUT2D eigenvalue weighted by atomic mass is 32.2. The molecule has 0 atom stereocenters. The highest BCUT2D eigenvalue weighted by Gasteiger charge is 2.44. The summed E-state index contributed by atoms with van der Waals surface area (Å²) in [6.45, 7) is 3.19. The summed E-state index contributed by atoms with van der Waals surface area (Å²) in [5, 5.41) is 9.49. The predicted octanol–water partition coefficient (Wildman–Crippen LogP) is 2.07. The molecule has 0 radical (unpaired) electrons. The van der Waals surface area contributed by atoms with Gasteiger partial charge in [0.1, 0.15) is 0 Å². The van der Waals surface area contributed by atoms with Crippen molar-refractivity contribution in [1.29, 1.82) is 0 Å². The maximum absolute atomic E-state index is 12.1. The molecule has 8 nitrogen and oxygen atoms in total. The Morgan fingerprint density at radius 3 is 2.44 bits per heavy atom. The average molecular weight is 396 g/mol. The van der Waals surface area contributed by atoms with Gasteiger partial charge in [0.05, 0.1) is 23.5 Å². The van der Waals surface area contributed by atoms with Crippen molar-refractivity contribution in [3.05, 3.63) is 23.8 Å². The molecule has 3 rings (SSSR count). The van der Waals surface area contributed by atoms with E-state index in [1.807, 2.05) is 4.90 Å². The Hall–Kier alpha value is -2.29. The normalized spacial score (nSPS) is 18.2. The lowest BCUT2D eigenvalue weighted by molar-refractivity contribution is -0.139. The first kappa shape index (κ1) is 19.5. The van der Waals surface area contributed by atoms with E-state index in [0.29, 0.717) is 11.1 Å². The monoisotopic (exact) mass is 396 g/mol. The molecule has 1 aromatic carbocycles. The molecule has 9 heteroatoms. The Morgan fingerprint density at radius 1 is 1.22 bits per heavy atom. The van der Waals surface area contributed by atoms with Crippen LogP contribution in [0.25, 0.3) is 0 Å². The minimum atomic E-state index is -3.94. The number of carboxylic acids is 1. The van der Waals surface area contributed by atoms with Crippen LogP contribution >= 0.6 is 0 Å². The number of carbonyl (C=O) groups is 2. The fraction of sp³-hybridized carbons (Fsp3) is 0.556. The second-order valence-electron chi connectivity index (χ2n) is 7.19. The van der Waals surface area contributed by atoms with Gasteiger partial charge in [-0.25, -0.2) is 13.2 Å². The van der Waals surface area contributed by atoms with E-state index in [0.717, 1.165) is 25.9 Å². The van der Waals surface area contributed by atoms with Crippen LogP contribution in [0.15, 0.2) is 18.2 Å². The smallest absolute Gasteiger partial charge is 0.337 e. The lowest BCUT2D eigenvalue weighted by atomic mass is 9.93. The quantitative estimate of drug-likeness (QED) is 0.678. The Morgan fingerprint density at radius 2 is 1.89 bits per heavy atom. The fourth-order valence-corrected chi connectivity index (χ4v) is 4.46. The van der Waals surface area contributed by atoms with Crippen LogP contribution in [0.3, 0.4) is 0 Å². The third-order valence-electron chi connectivity index (χ3n) is 5.24. The van der Waals surface area contributed by atoms with Gasteiger partial charge in [-0.1, -0.05) is 0 Å². The molecule has 0 bridgehead atoms. The van der Waals surface area contributed by atoms with Crippen LogP contribution < -0.4 is 9.62 Å². The molecule has 2 N–H and O–H groups in total. The molecule has 0 amide bonds. The number of hydrogen-bond donors (Lipinski definition) is 2. The minimum absolute atomic E-state index is 0.0995. The standard InChI is InChI=1S/C18H24N2O6S/c1-2-26-16(21)12-27(24,25)19-13-3-4-14(17(22)23)15(11-13)20-9-7-18(5-6-18)8-10-20/h3-4,11,19H,2,5-10,12H2,1H3,(H,22,23). The predicted molar refractivity (Wildman–Crippen MR) is 101 cm³/mol. The van der Waals surface area contributed by atoms with E-state index in [1.165, 1.54) is 31.0 Å². The van der Waals surface area contributed by atoms with Gasteiger partial charge in [-0.3, -0.25) is 9.52 Å². The number of piperidine rings is 1. The first-order valence-corrected chi connectivity index (χ1v) is 10.7. The van der Waals surface area contributed by atoms with E-state index in [1.54, 1.807) is 6.92 Å². The molecule has 27 heavy (non-hydrogen) atoms. The number of rotatable bonds is 7. The second kappa shape index (κ2) is 7.38. The van der Waals surface area contributed by atoms with Crippen molar-refractivity contribution < 1.29 is 27.9 Å². The molecule has 2 fully saturated rings. The van der Waals surface area contributed by atoms with Gasteiger partial charge < -0.3 is 14.7 Å². The van der Waals surface area contributed by atoms with Gasteiger partial charge in [-0.2, -0.15) is 0 Å². The number of anilines is 2. The number of ether oxygens (including phenoxy) is 1. The number of nitrogens with one attached hydrogen (secondary N) is 1. The first-order valence-electron chi connectivity index (χ1n) is 9.02. The van der Waals surface area contributed by atoms with Crippen molar-refractivity contribution in [2.45, 2.75) is 32.6 Å². The minimum Gasteiger partial charge on any atom is -0.478 e.